The quantitative estimate of drug-likeness (QED) is 0.496. The molecule has 0 fully saturated rings. The zero-order valence-electron chi connectivity index (χ0n) is 7.79. The van der Waals surface area contributed by atoms with E-state index in [-0.39, 0.29) is 12.3 Å². The summed E-state index contributed by atoms with van der Waals surface area (Å²) in [5, 5.41) is 2.51. The molecule has 0 spiro atoms. The monoisotopic (exact) mass is 183 g/mol. The second-order valence-corrected chi connectivity index (χ2v) is 2.42. The Morgan fingerprint density at radius 1 is 1.62 bits per heavy atom. The molecule has 1 atom stereocenters. The van der Waals surface area contributed by atoms with E-state index >= 15 is 0 Å². The maximum absolute atomic E-state index is 10.9. The summed E-state index contributed by atoms with van der Waals surface area (Å²) in [5.74, 6) is 1.69. The van der Waals surface area contributed by atoms with Gasteiger partial charge in [-0.3, -0.25) is 9.59 Å². The van der Waals surface area contributed by atoms with Crippen LogP contribution < -0.4 is 5.32 Å². The Bertz CT molecular complexity index is 212. The predicted molar refractivity (Wildman–Crippen MR) is 47.7 cm³/mol. The molecule has 0 bridgehead atoms. The standard InChI is InChI=1S/C9H13NO3/c1-4-7(6-9(12)13-3)10-8(11)5-2/h1,7H,5-6H2,2-3H3,(H,10,11)/t7-/m0/s1. The number of carbonyl (C=O) groups is 2. The number of esters is 1. The van der Waals surface area contributed by atoms with E-state index in [2.05, 4.69) is 16.0 Å². The lowest BCUT2D eigenvalue weighted by Gasteiger charge is -2.10. The van der Waals surface area contributed by atoms with E-state index in [1.807, 2.05) is 0 Å². The van der Waals surface area contributed by atoms with Gasteiger partial charge in [0.25, 0.3) is 0 Å². The number of carbonyl (C=O) groups excluding carboxylic acids is 2. The van der Waals surface area contributed by atoms with Gasteiger partial charge in [-0.1, -0.05) is 12.8 Å². The van der Waals surface area contributed by atoms with Crippen LogP contribution in [0.1, 0.15) is 19.8 Å². The Labute approximate surface area is 77.6 Å². The van der Waals surface area contributed by atoms with E-state index in [1.165, 1.54) is 7.11 Å². The second-order valence-electron chi connectivity index (χ2n) is 2.42. The van der Waals surface area contributed by atoms with Gasteiger partial charge >= 0.3 is 5.97 Å². The molecule has 1 N–H and O–H groups in total. The van der Waals surface area contributed by atoms with Gasteiger partial charge in [0.2, 0.25) is 5.91 Å². The molecular weight excluding hydrogens is 170 g/mol. The van der Waals surface area contributed by atoms with Gasteiger partial charge in [-0.2, -0.15) is 0 Å². The molecule has 13 heavy (non-hydrogen) atoms. The van der Waals surface area contributed by atoms with Crippen LogP contribution in [0.15, 0.2) is 0 Å². The van der Waals surface area contributed by atoms with Crippen molar-refractivity contribution in [2.24, 2.45) is 0 Å². The van der Waals surface area contributed by atoms with Crippen molar-refractivity contribution in [2.45, 2.75) is 25.8 Å². The van der Waals surface area contributed by atoms with Gasteiger partial charge in [-0.05, 0) is 0 Å². The normalized spacial score (nSPS) is 11.2. The van der Waals surface area contributed by atoms with Crippen LogP contribution in [0.5, 0.6) is 0 Å². The summed E-state index contributed by atoms with van der Waals surface area (Å²) in [6.07, 6.45) is 5.47. The first kappa shape index (κ1) is 11.5. The molecular formula is C9H13NO3. The minimum Gasteiger partial charge on any atom is -0.469 e. The molecule has 4 nitrogen and oxygen atoms in total. The fourth-order valence-electron chi connectivity index (χ4n) is 0.698. The van der Waals surface area contributed by atoms with Gasteiger partial charge in [-0.15, -0.1) is 6.42 Å². The van der Waals surface area contributed by atoms with Gasteiger partial charge in [0.1, 0.15) is 6.04 Å². The summed E-state index contributed by atoms with van der Waals surface area (Å²) in [5.41, 5.74) is 0. The van der Waals surface area contributed by atoms with E-state index in [4.69, 9.17) is 6.42 Å². The SMILES string of the molecule is C#C[C@@H](CC(=O)OC)NC(=O)CC. The molecule has 1 amide bonds. The van der Waals surface area contributed by atoms with Crippen molar-refractivity contribution < 1.29 is 14.3 Å². The number of hydrogen-bond donors (Lipinski definition) is 1. The van der Waals surface area contributed by atoms with Crippen molar-refractivity contribution in [3.63, 3.8) is 0 Å². The molecule has 0 saturated heterocycles. The minimum absolute atomic E-state index is 0.0126. The molecule has 0 aromatic heterocycles. The molecule has 0 heterocycles. The Hall–Kier alpha value is -1.50. The Morgan fingerprint density at radius 2 is 2.23 bits per heavy atom. The second kappa shape index (κ2) is 6.06. The summed E-state index contributed by atoms with van der Waals surface area (Å²) in [4.78, 5) is 21.7. The molecule has 0 rings (SSSR count). The van der Waals surface area contributed by atoms with Crippen LogP contribution in [0.25, 0.3) is 0 Å². The third-order valence-corrected chi connectivity index (χ3v) is 1.46. The molecule has 0 radical (unpaired) electrons. The fourth-order valence-corrected chi connectivity index (χ4v) is 0.698. The number of hydrogen-bond acceptors (Lipinski definition) is 3. The predicted octanol–water partition coefficient (Wildman–Crippen LogP) is 0.0775. The zero-order chi connectivity index (χ0) is 10.3. The van der Waals surface area contributed by atoms with E-state index in [0.29, 0.717) is 6.42 Å². The van der Waals surface area contributed by atoms with Crippen molar-refractivity contribution >= 4 is 11.9 Å². The van der Waals surface area contributed by atoms with Gasteiger partial charge in [0.15, 0.2) is 0 Å². The van der Waals surface area contributed by atoms with Crippen molar-refractivity contribution in [2.75, 3.05) is 7.11 Å². The van der Waals surface area contributed by atoms with E-state index in [1.54, 1.807) is 6.92 Å². The van der Waals surface area contributed by atoms with E-state index in [0.717, 1.165) is 0 Å². The maximum atomic E-state index is 10.9. The fraction of sp³-hybridized carbons (Fsp3) is 0.556. The highest BCUT2D eigenvalue weighted by molar-refractivity contribution is 5.78. The number of nitrogens with one attached hydrogen (secondary N) is 1. The van der Waals surface area contributed by atoms with Crippen molar-refractivity contribution in [1.29, 1.82) is 0 Å². The number of methoxy groups -OCH3 is 1. The smallest absolute Gasteiger partial charge is 0.308 e. The largest absolute Gasteiger partial charge is 0.469 e. The highest BCUT2D eigenvalue weighted by Gasteiger charge is 2.12. The number of rotatable bonds is 4. The van der Waals surface area contributed by atoms with Crippen molar-refractivity contribution in [3.05, 3.63) is 0 Å². The number of ether oxygens (including phenoxy) is 1. The van der Waals surface area contributed by atoms with Gasteiger partial charge in [0.05, 0.1) is 13.5 Å². The van der Waals surface area contributed by atoms with E-state index in [9.17, 15) is 9.59 Å². The summed E-state index contributed by atoms with van der Waals surface area (Å²) < 4.78 is 4.41. The van der Waals surface area contributed by atoms with E-state index < -0.39 is 12.0 Å². The van der Waals surface area contributed by atoms with Crippen LogP contribution in [0.3, 0.4) is 0 Å². The first-order valence-corrected chi connectivity index (χ1v) is 3.96. The minimum atomic E-state index is -0.570. The lowest BCUT2D eigenvalue weighted by molar-refractivity contribution is -0.140. The molecule has 0 aromatic rings. The molecule has 0 aromatic carbocycles. The first-order valence-electron chi connectivity index (χ1n) is 3.96. The van der Waals surface area contributed by atoms with Gasteiger partial charge in [0, 0.05) is 6.42 Å². The number of amides is 1. The average molecular weight is 183 g/mol. The first-order chi connectivity index (χ1) is 6.13. The maximum Gasteiger partial charge on any atom is 0.308 e. The average Bonchev–Trinajstić information content (AvgIpc) is 2.16. The Morgan fingerprint density at radius 3 is 2.62 bits per heavy atom. The highest BCUT2D eigenvalue weighted by atomic mass is 16.5. The zero-order valence-corrected chi connectivity index (χ0v) is 7.79. The lowest BCUT2D eigenvalue weighted by Crippen LogP contribution is -2.35. The van der Waals surface area contributed by atoms with Crippen LogP contribution in [0.2, 0.25) is 0 Å². The lowest BCUT2D eigenvalue weighted by atomic mass is 10.2. The third kappa shape index (κ3) is 4.86. The van der Waals surface area contributed by atoms with Crippen LogP contribution in [-0.2, 0) is 14.3 Å². The van der Waals surface area contributed by atoms with Crippen LogP contribution in [0.4, 0.5) is 0 Å². The van der Waals surface area contributed by atoms with Gasteiger partial charge < -0.3 is 10.1 Å². The molecule has 4 heteroatoms. The van der Waals surface area contributed by atoms with Gasteiger partial charge in [-0.25, -0.2) is 0 Å². The third-order valence-electron chi connectivity index (χ3n) is 1.46. The summed E-state index contributed by atoms with van der Waals surface area (Å²) in [6.45, 7) is 1.71. The molecule has 0 saturated carbocycles. The number of terminal acetylenes is 1. The Balaban J connectivity index is 3.98. The summed E-state index contributed by atoms with van der Waals surface area (Å²) in [7, 11) is 1.28. The summed E-state index contributed by atoms with van der Waals surface area (Å²) >= 11 is 0. The van der Waals surface area contributed by atoms with Crippen LogP contribution in [-0.4, -0.2) is 25.0 Å². The Kier molecular flexibility index (Phi) is 5.37. The summed E-state index contributed by atoms with van der Waals surface area (Å²) in [6, 6.07) is -0.570. The molecule has 0 aliphatic rings. The molecule has 0 unspecified atom stereocenters. The molecule has 0 aliphatic heterocycles. The highest BCUT2D eigenvalue weighted by Crippen LogP contribution is 1.93. The van der Waals surface area contributed by atoms with Crippen LogP contribution >= 0.6 is 0 Å². The van der Waals surface area contributed by atoms with Crippen molar-refractivity contribution in [3.8, 4) is 12.3 Å². The van der Waals surface area contributed by atoms with Crippen molar-refractivity contribution in [1.82, 2.24) is 5.32 Å². The topological polar surface area (TPSA) is 55.4 Å². The van der Waals surface area contributed by atoms with Crippen LogP contribution in [0, 0.1) is 12.3 Å². The molecule has 0 aliphatic carbocycles. The molecule has 72 valence electrons.